The van der Waals surface area contributed by atoms with Crippen molar-refractivity contribution in [2.75, 3.05) is 19.6 Å². The van der Waals surface area contributed by atoms with Gasteiger partial charge >= 0.3 is 0 Å². The smallest absolute Gasteiger partial charge is 0.266 e. The highest BCUT2D eigenvalue weighted by atomic mass is 32.1. The average Bonchev–Trinajstić information content (AvgIpc) is 3.22. The summed E-state index contributed by atoms with van der Waals surface area (Å²) in [5.41, 5.74) is 0.759. The molecule has 0 radical (unpaired) electrons. The molecular formula is C16H21N5OS. The van der Waals surface area contributed by atoms with E-state index in [4.69, 9.17) is 0 Å². The summed E-state index contributed by atoms with van der Waals surface area (Å²) in [5.74, 6) is 0.655. The zero-order valence-corrected chi connectivity index (χ0v) is 14.3. The van der Waals surface area contributed by atoms with Crippen LogP contribution in [-0.2, 0) is 0 Å². The van der Waals surface area contributed by atoms with E-state index < -0.39 is 0 Å². The number of rotatable bonds is 5. The second-order valence-corrected chi connectivity index (χ2v) is 6.65. The van der Waals surface area contributed by atoms with Crippen molar-refractivity contribution in [3.05, 3.63) is 29.0 Å². The molecule has 1 aliphatic rings. The SMILES string of the molecule is CCCN(C(=O)c1sc(-c2ncccn2)nc1C)C1CCNC1. The van der Waals surface area contributed by atoms with Crippen molar-refractivity contribution in [1.29, 1.82) is 0 Å². The molecule has 3 rings (SSSR count). The van der Waals surface area contributed by atoms with E-state index in [0.29, 0.717) is 15.7 Å². The van der Waals surface area contributed by atoms with E-state index in [0.717, 1.165) is 38.2 Å². The van der Waals surface area contributed by atoms with E-state index in [1.165, 1.54) is 11.3 Å². The zero-order chi connectivity index (χ0) is 16.2. The number of amides is 1. The van der Waals surface area contributed by atoms with Crippen molar-refractivity contribution >= 4 is 17.2 Å². The van der Waals surface area contributed by atoms with Crippen LogP contribution in [0.2, 0.25) is 0 Å². The van der Waals surface area contributed by atoms with Gasteiger partial charge in [-0.1, -0.05) is 6.92 Å². The minimum atomic E-state index is 0.0812. The molecule has 1 unspecified atom stereocenters. The summed E-state index contributed by atoms with van der Waals surface area (Å²) in [7, 11) is 0. The van der Waals surface area contributed by atoms with Gasteiger partial charge in [-0.15, -0.1) is 11.3 Å². The summed E-state index contributed by atoms with van der Waals surface area (Å²) < 4.78 is 0. The maximum atomic E-state index is 13.0. The predicted octanol–water partition coefficient (Wildman–Crippen LogP) is 2.12. The lowest BCUT2D eigenvalue weighted by Gasteiger charge is -2.27. The summed E-state index contributed by atoms with van der Waals surface area (Å²) in [6.07, 6.45) is 5.34. The molecule has 6 nitrogen and oxygen atoms in total. The Morgan fingerprint density at radius 3 is 2.87 bits per heavy atom. The van der Waals surface area contributed by atoms with Crippen LogP contribution in [0.15, 0.2) is 18.5 Å². The van der Waals surface area contributed by atoms with Crippen molar-refractivity contribution < 1.29 is 4.79 Å². The molecular weight excluding hydrogens is 310 g/mol. The van der Waals surface area contributed by atoms with Gasteiger partial charge in [0.05, 0.1) is 5.69 Å². The summed E-state index contributed by atoms with van der Waals surface area (Å²) in [5, 5.41) is 4.04. The van der Waals surface area contributed by atoms with E-state index >= 15 is 0 Å². The van der Waals surface area contributed by atoms with Crippen molar-refractivity contribution in [3.8, 4) is 10.8 Å². The fraction of sp³-hybridized carbons (Fsp3) is 0.500. The highest BCUT2D eigenvalue weighted by Crippen LogP contribution is 2.27. The van der Waals surface area contributed by atoms with Gasteiger partial charge in [-0.25, -0.2) is 15.0 Å². The molecule has 0 saturated carbocycles. The Kier molecular flexibility index (Phi) is 4.97. The minimum absolute atomic E-state index is 0.0812. The van der Waals surface area contributed by atoms with Gasteiger partial charge in [0.1, 0.15) is 4.88 Å². The lowest BCUT2D eigenvalue weighted by atomic mass is 10.2. The first-order valence-corrected chi connectivity index (χ1v) is 8.79. The molecule has 122 valence electrons. The van der Waals surface area contributed by atoms with Crippen molar-refractivity contribution in [2.45, 2.75) is 32.7 Å². The van der Waals surface area contributed by atoms with E-state index in [-0.39, 0.29) is 11.9 Å². The Morgan fingerprint density at radius 2 is 2.22 bits per heavy atom. The molecule has 1 atom stereocenters. The molecule has 1 aliphatic heterocycles. The molecule has 0 aliphatic carbocycles. The Bertz CT molecular complexity index is 666. The highest BCUT2D eigenvalue weighted by Gasteiger charge is 2.29. The van der Waals surface area contributed by atoms with Gasteiger partial charge in [0.2, 0.25) is 0 Å². The Morgan fingerprint density at radius 1 is 1.43 bits per heavy atom. The number of carbonyl (C=O) groups excluding carboxylic acids is 1. The first kappa shape index (κ1) is 16.0. The third kappa shape index (κ3) is 3.40. The van der Waals surface area contributed by atoms with Crippen LogP contribution < -0.4 is 5.32 Å². The fourth-order valence-electron chi connectivity index (χ4n) is 2.83. The summed E-state index contributed by atoms with van der Waals surface area (Å²) in [4.78, 5) is 28.7. The van der Waals surface area contributed by atoms with Crippen LogP contribution >= 0.6 is 11.3 Å². The molecule has 1 saturated heterocycles. The van der Waals surface area contributed by atoms with Gasteiger partial charge in [-0.2, -0.15) is 0 Å². The average molecular weight is 331 g/mol. The second-order valence-electron chi connectivity index (χ2n) is 5.65. The van der Waals surface area contributed by atoms with Crippen molar-refractivity contribution in [1.82, 2.24) is 25.2 Å². The standard InChI is InChI=1S/C16H21N5OS/c1-3-9-21(12-5-8-17-10-12)16(22)13-11(2)20-15(23-13)14-18-6-4-7-19-14/h4,6-7,12,17H,3,5,8-10H2,1-2H3. The normalized spacial score (nSPS) is 17.4. The Balaban J connectivity index is 1.87. The highest BCUT2D eigenvalue weighted by molar-refractivity contribution is 7.17. The largest absolute Gasteiger partial charge is 0.334 e. The van der Waals surface area contributed by atoms with Crippen LogP contribution in [-0.4, -0.2) is 51.4 Å². The second kappa shape index (κ2) is 7.14. The Labute approximate surface area is 140 Å². The van der Waals surface area contributed by atoms with E-state index in [9.17, 15) is 4.79 Å². The van der Waals surface area contributed by atoms with Gasteiger partial charge < -0.3 is 10.2 Å². The van der Waals surface area contributed by atoms with E-state index in [2.05, 4.69) is 27.2 Å². The van der Waals surface area contributed by atoms with Gasteiger partial charge in [0, 0.05) is 31.5 Å². The number of nitrogens with one attached hydrogen (secondary N) is 1. The lowest BCUT2D eigenvalue weighted by molar-refractivity contribution is 0.0696. The third-order valence-electron chi connectivity index (χ3n) is 3.95. The summed E-state index contributed by atoms with van der Waals surface area (Å²) in [6, 6.07) is 2.05. The summed E-state index contributed by atoms with van der Waals surface area (Å²) >= 11 is 1.39. The summed E-state index contributed by atoms with van der Waals surface area (Å²) in [6.45, 7) is 6.61. The molecule has 2 aromatic rings. The quantitative estimate of drug-likeness (QED) is 0.909. The fourth-order valence-corrected chi connectivity index (χ4v) is 3.80. The first-order valence-electron chi connectivity index (χ1n) is 7.97. The van der Waals surface area contributed by atoms with Crippen LogP contribution in [0.4, 0.5) is 0 Å². The number of aromatic nitrogens is 3. The minimum Gasteiger partial charge on any atom is -0.334 e. The van der Waals surface area contributed by atoms with Gasteiger partial charge in [0.25, 0.3) is 5.91 Å². The number of carbonyl (C=O) groups is 1. The molecule has 0 bridgehead atoms. The number of hydrogen-bond acceptors (Lipinski definition) is 6. The van der Waals surface area contributed by atoms with Gasteiger partial charge in [-0.05, 0) is 32.4 Å². The molecule has 1 fully saturated rings. The number of thiazole rings is 1. The third-order valence-corrected chi connectivity index (χ3v) is 5.09. The number of aryl methyl sites for hydroxylation is 1. The topological polar surface area (TPSA) is 71.0 Å². The molecule has 0 spiro atoms. The molecule has 0 aromatic carbocycles. The molecule has 23 heavy (non-hydrogen) atoms. The van der Waals surface area contributed by atoms with Gasteiger partial charge in [0.15, 0.2) is 10.8 Å². The van der Waals surface area contributed by atoms with Crippen LogP contribution in [0.25, 0.3) is 10.8 Å². The molecule has 1 N–H and O–H groups in total. The van der Waals surface area contributed by atoms with Gasteiger partial charge in [-0.3, -0.25) is 4.79 Å². The van der Waals surface area contributed by atoms with Crippen LogP contribution in [0.5, 0.6) is 0 Å². The number of hydrogen-bond donors (Lipinski definition) is 1. The van der Waals surface area contributed by atoms with E-state index in [1.807, 2.05) is 11.8 Å². The molecule has 2 aromatic heterocycles. The van der Waals surface area contributed by atoms with Crippen LogP contribution in [0.3, 0.4) is 0 Å². The Hall–Kier alpha value is -1.86. The predicted molar refractivity (Wildman–Crippen MR) is 90.5 cm³/mol. The zero-order valence-electron chi connectivity index (χ0n) is 13.5. The monoisotopic (exact) mass is 331 g/mol. The first-order chi connectivity index (χ1) is 11.2. The maximum absolute atomic E-state index is 13.0. The number of nitrogens with zero attached hydrogens (tertiary/aromatic N) is 4. The molecule has 3 heterocycles. The lowest BCUT2D eigenvalue weighted by Crippen LogP contribution is -2.42. The van der Waals surface area contributed by atoms with Crippen LogP contribution in [0.1, 0.15) is 35.1 Å². The maximum Gasteiger partial charge on any atom is 0.266 e. The van der Waals surface area contributed by atoms with E-state index in [1.54, 1.807) is 18.5 Å². The van der Waals surface area contributed by atoms with Crippen molar-refractivity contribution in [2.24, 2.45) is 0 Å². The van der Waals surface area contributed by atoms with Crippen LogP contribution in [0, 0.1) is 6.92 Å². The van der Waals surface area contributed by atoms with Crippen molar-refractivity contribution in [3.63, 3.8) is 0 Å². The molecule has 1 amide bonds. The molecule has 7 heteroatoms.